The number of ether oxygens (including phenoxy) is 1. The largest absolute Gasteiger partial charge is 0.377 e. The Bertz CT molecular complexity index is 391. The van der Waals surface area contributed by atoms with Crippen LogP contribution in [-0.2, 0) is 11.2 Å². The minimum atomic E-state index is 0.241. The monoisotopic (exact) mass is 289 g/mol. The zero-order valence-electron chi connectivity index (χ0n) is 14.0. The molecule has 1 aromatic rings. The van der Waals surface area contributed by atoms with Crippen LogP contribution in [0.15, 0.2) is 24.3 Å². The molecule has 0 radical (unpaired) electrons. The fourth-order valence-corrected chi connectivity index (χ4v) is 3.46. The molecule has 0 saturated carbocycles. The summed E-state index contributed by atoms with van der Waals surface area (Å²) in [6.07, 6.45) is 6.64. The van der Waals surface area contributed by atoms with Gasteiger partial charge in [0.15, 0.2) is 0 Å². The van der Waals surface area contributed by atoms with Gasteiger partial charge in [0.2, 0.25) is 0 Å². The Hall–Kier alpha value is -0.860. The molecule has 0 aromatic heterocycles. The van der Waals surface area contributed by atoms with Crippen molar-refractivity contribution in [3.63, 3.8) is 0 Å². The summed E-state index contributed by atoms with van der Waals surface area (Å²) in [6, 6.07) is 9.04. The van der Waals surface area contributed by atoms with Crippen LogP contribution < -0.4 is 0 Å². The second-order valence-electron chi connectivity index (χ2n) is 6.54. The van der Waals surface area contributed by atoms with Crippen LogP contribution in [-0.4, -0.2) is 31.6 Å². The van der Waals surface area contributed by atoms with Gasteiger partial charge in [-0.15, -0.1) is 0 Å². The molecule has 21 heavy (non-hydrogen) atoms. The summed E-state index contributed by atoms with van der Waals surface area (Å²) in [5, 5.41) is 0. The van der Waals surface area contributed by atoms with Crippen LogP contribution in [0.3, 0.4) is 0 Å². The van der Waals surface area contributed by atoms with Crippen LogP contribution in [0, 0.1) is 5.92 Å². The zero-order chi connectivity index (χ0) is 15.1. The number of nitrogens with zero attached hydrogens (tertiary/aromatic N) is 1. The first-order valence-electron chi connectivity index (χ1n) is 8.57. The van der Waals surface area contributed by atoms with E-state index < -0.39 is 0 Å². The van der Waals surface area contributed by atoms with Gasteiger partial charge in [-0.1, -0.05) is 44.5 Å². The Kier molecular flexibility index (Phi) is 6.72. The lowest BCUT2D eigenvalue weighted by atomic mass is 9.97. The van der Waals surface area contributed by atoms with Crippen molar-refractivity contribution in [3.05, 3.63) is 35.4 Å². The summed E-state index contributed by atoms with van der Waals surface area (Å²) in [7, 11) is 1.79. The van der Waals surface area contributed by atoms with Crippen molar-refractivity contribution in [2.75, 3.05) is 26.7 Å². The van der Waals surface area contributed by atoms with Gasteiger partial charge in [0.05, 0.1) is 6.10 Å². The van der Waals surface area contributed by atoms with Crippen molar-refractivity contribution in [2.45, 2.75) is 52.1 Å². The average Bonchev–Trinajstić information content (AvgIpc) is 2.51. The molecule has 0 amide bonds. The molecule has 2 nitrogen and oxygen atoms in total. The maximum absolute atomic E-state index is 5.50. The fourth-order valence-electron chi connectivity index (χ4n) is 3.46. The van der Waals surface area contributed by atoms with Gasteiger partial charge in [-0.2, -0.15) is 0 Å². The van der Waals surface area contributed by atoms with Crippen molar-refractivity contribution in [1.29, 1.82) is 0 Å². The topological polar surface area (TPSA) is 12.5 Å². The predicted octanol–water partition coefficient (Wildman–Crippen LogP) is 4.45. The van der Waals surface area contributed by atoms with Gasteiger partial charge < -0.3 is 9.64 Å². The quantitative estimate of drug-likeness (QED) is 0.735. The standard InChI is InChI=1S/C19H31NO/c1-4-19(21-3)18-10-8-17(9-11-18)14-16(2)15-20-12-6-5-7-13-20/h8-11,16,19H,4-7,12-15H2,1-3H3. The van der Waals surface area contributed by atoms with Gasteiger partial charge in [-0.05, 0) is 55.8 Å². The van der Waals surface area contributed by atoms with Crippen LogP contribution in [0.1, 0.15) is 56.8 Å². The van der Waals surface area contributed by atoms with Crippen molar-refractivity contribution in [1.82, 2.24) is 4.90 Å². The Morgan fingerprint density at radius 1 is 1.10 bits per heavy atom. The van der Waals surface area contributed by atoms with Gasteiger partial charge in [0.1, 0.15) is 0 Å². The molecule has 118 valence electrons. The van der Waals surface area contributed by atoms with Crippen LogP contribution in [0.25, 0.3) is 0 Å². The fraction of sp³-hybridized carbons (Fsp3) is 0.684. The average molecular weight is 289 g/mol. The number of likely N-dealkylation sites (tertiary alicyclic amines) is 1. The molecule has 1 heterocycles. The van der Waals surface area contributed by atoms with Gasteiger partial charge in [0, 0.05) is 13.7 Å². The van der Waals surface area contributed by atoms with E-state index in [2.05, 4.69) is 43.0 Å². The number of piperidine rings is 1. The Morgan fingerprint density at radius 3 is 2.33 bits per heavy atom. The molecule has 2 rings (SSSR count). The summed E-state index contributed by atoms with van der Waals surface area (Å²) in [5.74, 6) is 0.735. The second kappa shape index (κ2) is 8.55. The summed E-state index contributed by atoms with van der Waals surface area (Å²) in [4.78, 5) is 2.64. The molecule has 1 aliphatic heterocycles. The van der Waals surface area contributed by atoms with E-state index in [0.29, 0.717) is 0 Å². The maximum Gasteiger partial charge on any atom is 0.0818 e. The minimum Gasteiger partial charge on any atom is -0.377 e. The molecule has 2 unspecified atom stereocenters. The van der Waals surface area contributed by atoms with Gasteiger partial charge in [-0.25, -0.2) is 0 Å². The van der Waals surface area contributed by atoms with Crippen LogP contribution >= 0.6 is 0 Å². The highest BCUT2D eigenvalue weighted by molar-refractivity contribution is 5.24. The SMILES string of the molecule is CCC(OC)c1ccc(CC(C)CN2CCCCC2)cc1. The van der Waals surface area contributed by atoms with E-state index in [4.69, 9.17) is 4.74 Å². The van der Waals surface area contributed by atoms with Crippen LogP contribution in [0.4, 0.5) is 0 Å². The van der Waals surface area contributed by atoms with Crippen molar-refractivity contribution in [3.8, 4) is 0 Å². The van der Waals surface area contributed by atoms with E-state index in [1.807, 2.05) is 0 Å². The van der Waals surface area contributed by atoms with Gasteiger partial charge >= 0.3 is 0 Å². The highest BCUT2D eigenvalue weighted by atomic mass is 16.5. The highest BCUT2D eigenvalue weighted by Crippen LogP contribution is 2.21. The lowest BCUT2D eigenvalue weighted by Gasteiger charge is -2.29. The van der Waals surface area contributed by atoms with E-state index in [-0.39, 0.29) is 6.10 Å². The van der Waals surface area contributed by atoms with Crippen molar-refractivity contribution in [2.24, 2.45) is 5.92 Å². The van der Waals surface area contributed by atoms with Crippen molar-refractivity contribution >= 4 is 0 Å². The number of hydrogen-bond acceptors (Lipinski definition) is 2. The van der Waals surface area contributed by atoms with Crippen LogP contribution in [0.5, 0.6) is 0 Å². The maximum atomic E-state index is 5.50. The van der Waals surface area contributed by atoms with E-state index in [9.17, 15) is 0 Å². The normalized spacial score (nSPS) is 19.4. The first-order valence-corrected chi connectivity index (χ1v) is 8.57. The molecule has 1 fully saturated rings. The van der Waals surface area contributed by atoms with E-state index in [1.165, 1.54) is 56.4 Å². The summed E-state index contributed by atoms with van der Waals surface area (Å²) < 4.78 is 5.50. The van der Waals surface area contributed by atoms with E-state index in [0.717, 1.165) is 12.3 Å². The third-order valence-electron chi connectivity index (χ3n) is 4.61. The predicted molar refractivity (Wildman–Crippen MR) is 89.6 cm³/mol. The number of hydrogen-bond donors (Lipinski definition) is 0. The van der Waals surface area contributed by atoms with Gasteiger partial charge in [0.25, 0.3) is 0 Å². The first kappa shape index (κ1) is 16.5. The highest BCUT2D eigenvalue weighted by Gasteiger charge is 2.14. The number of benzene rings is 1. The lowest BCUT2D eigenvalue weighted by Crippen LogP contribution is -2.34. The Balaban J connectivity index is 1.84. The van der Waals surface area contributed by atoms with Crippen LogP contribution in [0.2, 0.25) is 0 Å². The molecule has 0 spiro atoms. The third kappa shape index (κ3) is 5.12. The first-order chi connectivity index (χ1) is 10.2. The zero-order valence-corrected chi connectivity index (χ0v) is 14.0. The number of methoxy groups -OCH3 is 1. The molecule has 2 heteroatoms. The summed E-state index contributed by atoms with van der Waals surface area (Å²) in [6.45, 7) is 8.40. The molecule has 0 aliphatic carbocycles. The Morgan fingerprint density at radius 2 is 1.76 bits per heavy atom. The molecule has 1 saturated heterocycles. The molecular formula is C19H31NO. The molecule has 1 aliphatic rings. The van der Waals surface area contributed by atoms with Gasteiger partial charge in [-0.3, -0.25) is 0 Å². The molecule has 1 aromatic carbocycles. The molecular weight excluding hydrogens is 258 g/mol. The summed E-state index contributed by atoms with van der Waals surface area (Å²) in [5.41, 5.74) is 2.75. The van der Waals surface area contributed by atoms with Crippen molar-refractivity contribution < 1.29 is 4.74 Å². The minimum absolute atomic E-state index is 0.241. The smallest absolute Gasteiger partial charge is 0.0818 e. The second-order valence-corrected chi connectivity index (χ2v) is 6.54. The lowest BCUT2D eigenvalue weighted by molar-refractivity contribution is 0.100. The molecule has 2 atom stereocenters. The molecule has 0 bridgehead atoms. The third-order valence-corrected chi connectivity index (χ3v) is 4.61. The number of rotatable bonds is 7. The van der Waals surface area contributed by atoms with E-state index >= 15 is 0 Å². The van der Waals surface area contributed by atoms with E-state index in [1.54, 1.807) is 7.11 Å². The molecule has 0 N–H and O–H groups in total. The Labute approximate surface area is 130 Å². The summed E-state index contributed by atoms with van der Waals surface area (Å²) >= 11 is 0.